The maximum atomic E-state index is 12.1. The highest BCUT2D eigenvalue weighted by Crippen LogP contribution is 2.43. The number of amidine groups is 1. The minimum atomic E-state index is -4.10. The van der Waals surface area contributed by atoms with Gasteiger partial charge in [0.2, 0.25) is 0 Å². The first-order chi connectivity index (χ1) is 16.9. The van der Waals surface area contributed by atoms with Gasteiger partial charge in [0.1, 0.15) is 5.84 Å². The average molecular weight is 565 g/mol. The number of aliphatic carboxylic acids is 1. The number of nitrogens with zero attached hydrogens (tertiary/aromatic N) is 2. The third-order valence-corrected chi connectivity index (χ3v) is 7.68. The maximum Gasteiger partial charge on any atom is 0.318 e. The molecule has 8 nitrogen and oxygen atoms in total. The molecule has 1 heterocycles. The molecular weight excluding hydrogens is 532 g/mol. The first-order valence-corrected chi connectivity index (χ1v) is 14.3. The van der Waals surface area contributed by atoms with Crippen LogP contribution in [0.2, 0.25) is 5.02 Å². The first-order valence-electron chi connectivity index (χ1n) is 11.6. The van der Waals surface area contributed by atoms with Crippen molar-refractivity contribution in [3.05, 3.63) is 64.3 Å². The summed E-state index contributed by atoms with van der Waals surface area (Å²) in [5, 5.41) is 16.5. The van der Waals surface area contributed by atoms with E-state index in [2.05, 4.69) is 29.7 Å². The highest BCUT2D eigenvalue weighted by molar-refractivity contribution is 8.00. The van der Waals surface area contributed by atoms with Gasteiger partial charge in [0, 0.05) is 50.6 Å². The van der Waals surface area contributed by atoms with Crippen molar-refractivity contribution < 1.29 is 18.3 Å². The Bertz CT molecular complexity index is 1450. The van der Waals surface area contributed by atoms with Crippen LogP contribution in [-0.4, -0.2) is 34.6 Å². The van der Waals surface area contributed by atoms with E-state index < -0.39 is 21.6 Å². The van der Waals surface area contributed by atoms with Gasteiger partial charge in [-0.05, 0) is 49.2 Å². The molecule has 0 atom stereocenters. The van der Waals surface area contributed by atoms with Crippen LogP contribution < -0.4 is 10.9 Å². The number of carboxylic acids is 1. The van der Waals surface area contributed by atoms with Crippen molar-refractivity contribution >= 4 is 56.3 Å². The van der Waals surface area contributed by atoms with Gasteiger partial charge in [-0.1, -0.05) is 50.6 Å². The van der Waals surface area contributed by atoms with E-state index in [1.165, 1.54) is 0 Å². The summed E-state index contributed by atoms with van der Waals surface area (Å²) in [6.07, 6.45) is 0.414. The molecule has 11 heteroatoms. The summed E-state index contributed by atoms with van der Waals surface area (Å²) in [6.45, 7) is 10.3. The normalized spacial score (nSPS) is 13.3. The first kappa shape index (κ1) is 29.0. The topological polar surface area (TPSA) is 141 Å². The van der Waals surface area contributed by atoms with Gasteiger partial charge in [-0.25, -0.2) is 5.14 Å². The van der Waals surface area contributed by atoms with Crippen molar-refractivity contribution in [1.29, 1.82) is 0 Å². The summed E-state index contributed by atoms with van der Waals surface area (Å²) in [7, 11) is -4.10. The lowest BCUT2D eigenvalue weighted by Gasteiger charge is -2.24. The van der Waals surface area contributed by atoms with Crippen LogP contribution in [0.4, 0.5) is 0 Å². The van der Waals surface area contributed by atoms with Crippen LogP contribution in [0, 0.1) is 5.41 Å². The Balaban J connectivity index is 2.27. The molecule has 0 radical (unpaired) electrons. The van der Waals surface area contributed by atoms with Gasteiger partial charge in [-0.2, -0.15) is 8.42 Å². The van der Waals surface area contributed by atoms with E-state index >= 15 is 0 Å². The fourth-order valence-electron chi connectivity index (χ4n) is 3.98. The zero-order valence-corrected chi connectivity index (χ0v) is 24.0. The van der Waals surface area contributed by atoms with E-state index in [1.54, 1.807) is 25.6 Å². The number of hydrogen-bond donors (Lipinski definition) is 3. The lowest BCUT2D eigenvalue weighted by atomic mass is 9.88. The fraction of sp³-hybridized carbons (Fsp3) is 0.385. The van der Waals surface area contributed by atoms with Crippen LogP contribution in [0.25, 0.3) is 10.9 Å². The Labute approximate surface area is 227 Å². The molecule has 37 heavy (non-hydrogen) atoms. The van der Waals surface area contributed by atoms with Gasteiger partial charge in [-0.3, -0.25) is 4.79 Å². The SMILES string of the molecule is CC(C)(C)Sc1c(CC(C)(C)C(=O)O)n(Cc2ccc(Cl)cc2)c2ccc(CC(N)=NS(N)(=O)=O)cc12. The summed E-state index contributed by atoms with van der Waals surface area (Å²) in [5.41, 5.74) is 8.48. The molecular formula is C26H33ClN4O4S2. The molecule has 0 aliphatic heterocycles. The Hall–Kier alpha value is -2.53. The second-order valence-electron chi connectivity index (χ2n) is 10.7. The van der Waals surface area contributed by atoms with Gasteiger partial charge < -0.3 is 15.4 Å². The lowest BCUT2D eigenvalue weighted by molar-refractivity contribution is -0.146. The van der Waals surface area contributed by atoms with Crippen LogP contribution in [0.1, 0.15) is 51.4 Å². The molecule has 0 amide bonds. The standard InChI is InChI=1S/C26H33ClN4O4S2/c1-25(2,3)36-23-19-12-17(13-22(28)30-37(29,34)35)8-11-20(19)31(15-16-6-9-18(27)10-7-16)21(23)14-26(4,5)24(32)33/h6-12H,13-15H2,1-5H3,(H2,28,30)(H,32,33)(H2,29,34,35). The molecule has 0 saturated carbocycles. The monoisotopic (exact) mass is 564 g/mol. The number of halogens is 1. The van der Waals surface area contributed by atoms with Gasteiger partial charge >= 0.3 is 16.2 Å². The number of fused-ring (bicyclic) bond motifs is 1. The number of nitrogens with two attached hydrogens (primary N) is 2. The highest BCUT2D eigenvalue weighted by Gasteiger charge is 2.32. The van der Waals surface area contributed by atoms with E-state index in [1.807, 2.05) is 42.5 Å². The number of rotatable bonds is 9. The van der Waals surface area contributed by atoms with Crippen molar-refractivity contribution in [3.63, 3.8) is 0 Å². The minimum Gasteiger partial charge on any atom is -0.481 e. The van der Waals surface area contributed by atoms with E-state index in [0.29, 0.717) is 18.0 Å². The lowest BCUT2D eigenvalue weighted by Crippen LogP contribution is -2.28. The molecule has 3 rings (SSSR count). The summed E-state index contributed by atoms with van der Waals surface area (Å²) in [5.74, 6) is -0.991. The summed E-state index contributed by atoms with van der Waals surface area (Å²) in [6, 6.07) is 13.4. The van der Waals surface area contributed by atoms with Crippen LogP contribution in [0.5, 0.6) is 0 Å². The Kier molecular flexibility index (Phi) is 8.38. The molecule has 200 valence electrons. The number of benzene rings is 2. The zero-order chi connectivity index (χ0) is 27.8. The average Bonchev–Trinajstić information content (AvgIpc) is 2.98. The molecule has 0 spiro atoms. The van der Waals surface area contributed by atoms with Crippen molar-refractivity contribution in [1.82, 2.24) is 4.57 Å². The number of aromatic nitrogens is 1. The third kappa shape index (κ3) is 7.73. The molecule has 0 unspecified atom stereocenters. The van der Waals surface area contributed by atoms with Crippen molar-refractivity contribution in [3.8, 4) is 0 Å². The Morgan fingerprint density at radius 3 is 2.22 bits per heavy atom. The van der Waals surface area contributed by atoms with E-state index in [9.17, 15) is 18.3 Å². The van der Waals surface area contributed by atoms with Crippen LogP contribution in [0.15, 0.2) is 51.8 Å². The number of carboxylic acid groups (broad SMARTS) is 1. The predicted octanol–water partition coefficient (Wildman–Crippen LogP) is 4.99. The van der Waals surface area contributed by atoms with Gasteiger partial charge in [0.25, 0.3) is 0 Å². The summed E-state index contributed by atoms with van der Waals surface area (Å²) >= 11 is 7.77. The Morgan fingerprint density at radius 2 is 1.68 bits per heavy atom. The quantitative estimate of drug-likeness (QED) is 0.190. The van der Waals surface area contributed by atoms with Gasteiger partial charge in [0.05, 0.1) is 5.41 Å². The maximum absolute atomic E-state index is 12.1. The largest absolute Gasteiger partial charge is 0.481 e. The van der Waals surface area contributed by atoms with Crippen molar-refractivity contribution in [2.45, 2.75) is 63.6 Å². The number of hydrogen-bond acceptors (Lipinski definition) is 4. The second-order valence-corrected chi connectivity index (χ2v) is 14.2. The van der Waals surface area contributed by atoms with Crippen LogP contribution >= 0.6 is 23.4 Å². The van der Waals surface area contributed by atoms with Crippen molar-refractivity contribution in [2.75, 3.05) is 0 Å². The molecule has 3 aromatic rings. The molecule has 1 aromatic heterocycles. The van der Waals surface area contributed by atoms with Crippen molar-refractivity contribution in [2.24, 2.45) is 20.7 Å². The minimum absolute atomic E-state index is 0.101. The van der Waals surface area contributed by atoms with Crippen LogP contribution in [-0.2, 0) is 34.4 Å². The molecule has 5 N–H and O–H groups in total. The van der Waals surface area contributed by atoms with E-state index in [0.717, 1.165) is 32.6 Å². The predicted molar refractivity (Wildman–Crippen MR) is 152 cm³/mol. The summed E-state index contributed by atoms with van der Waals surface area (Å²) in [4.78, 5) is 13.1. The Morgan fingerprint density at radius 1 is 1.08 bits per heavy atom. The van der Waals surface area contributed by atoms with Gasteiger partial charge in [-0.15, -0.1) is 16.2 Å². The highest BCUT2D eigenvalue weighted by atomic mass is 35.5. The van der Waals surface area contributed by atoms with E-state index in [-0.39, 0.29) is 17.0 Å². The van der Waals surface area contributed by atoms with E-state index in [4.69, 9.17) is 22.5 Å². The summed E-state index contributed by atoms with van der Waals surface area (Å²) < 4.78 is 28.0. The number of thioether (sulfide) groups is 1. The smallest absolute Gasteiger partial charge is 0.318 e. The molecule has 0 aliphatic rings. The van der Waals surface area contributed by atoms with Gasteiger partial charge in [0.15, 0.2) is 0 Å². The molecule has 0 fully saturated rings. The zero-order valence-electron chi connectivity index (χ0n) is 21.6. The number of carbonyl (C=O) groups is 1. The fourth-order valence-corrected chi connectivity index (χ4v) is 5.69. The second kappa shape index (κ2) is 10.7. The molecule has 0 saturated heterocycles. The molecule has 2 aromatic carbocycles. The molecule has 0 bridgehead atoms. The molecule has 0 aliphatic carbocycles. The third-order valence-electron chi connectivity index (χ3n) is 5.66. The van der Waals surface area contributed by atoms with Crippen LogP contribution in [0.3, 0.4) is 0 Å².